The van der Waals surface area contributed by atoms with Crippen molar-refractivity contribution in [2.75, 3.05) is 13.7 Å². The highest BCUT2D eigenvalue weighted by Crippen LogP contribution is 2.47. The predicted octanol–water partition coefficient (Wildman–Crippen LogP) is 3.06. The van der Waals surface area contributed by atoms with Gasteiger partial charge in [-0.25, -0.2) is 0 Å². The molecule has 1 saturated carbocycles. The summed E-state index contributed by atoms with van der Waals surface area (Å²) in [5, 5.41) is 8.16. The minimum atomic E-state index is 0.0922. The van der Waals surface area contributed by atoms with Crippen LogP contribution >= 0.6 is 0 Å². The van der Waals surface area contributed by atoms with Gasteiger partial charge in [0, 0.05) is 26.5 Å². The van der Waals surface area contributed by atoms with Crippen LogP contribution in [0.25, 0.3) is 0 Å². The molecule has 2 unspecified atom stereocenters. The molecule has 1 aliphatic carbocycles. The van der Waals surface area contributed by atoms with Crippen molar-refractivity contribution >= 4 is 0 Å². The van der Waals surface area contributed by atoms with Gasteiger partial charge >= 0.3 is 0 Å². The van der Waals surface area contributed by atoms with E-state index in [4.69, 9.17) is 13.6 Å². The fourth-order valence-electron chi connectivity index (χ4n) is 3.51. The number of aromatic nitrogens is 2. The molecule has 4 atom stereocenters. The first-order valence-corrected chi connectivity index (χ1v) is 8.29. The number of furan rings is 1. The van der Waals surface area contributed by atoms with E-state index in [0.717, 1.165) is 36.9 Å². The molecule has 0 aromatic carbocycles. The molecule has 2 aromatic heterocycles. The van der Waals surface area contributed by atoms with Gasteiger partial charge in [0.15, 0.2) is 0 Å². The molecule has 0 N–H and O–H groups in total. The number of nitrogens with zero attached hydrogens (tertiary/aromatic N) is 3. The molecule has 0 radical (unpaired) electrons. The minimum Gasteiger partial charge on any atom is -0.464 e. The van der Waals surface area contributed by atoms with Crippen LogP contribution < -0.4 is 0 Å². The SMILES string of the molecule is CO[C@H]1C[C@H](c2nnc(C)o2)N(Cc2ccc(C3CC3C)o2)C1. The summed E-state index contributed by atoms with van der Waals surface area (Å²) in [4.78, 5) is 2.31. The number of methoxy groups -OCH3 is 1. The van der Waals surface area contributed by atoms with Crippen LogP contribution in [-0.2, 0) is 11.3 Å². The molecule has 0 spiro atoms. The van der Waals surface area contributed by atoms with Gasteiger partial charge in [-0.1, -0.05) is 6.92 Å². The van der Waals surface area contributed by atoms with E-state index in [2.05, 4.69) is 34.2 Å². The maximum atomic E-state index is 6.05. The van der Waals surface area contributed by atoms with Gasteiger partial charge < -0.3 is 13.6 Å². The Hall–Kier alpha value is -1.66. The molecule has 0 amide bonds. The highest BCUT2D eigenvalue weighted by atomic mass is 16.5. The van der Waals surface area contributed by atoms with E-state index in [1.54, 1.807) is 7.11 Å². The van der Waals surface area contributed by atoms with E-state index in [1.165, 1.54) is 6.42 Å². The summed E-state index contributed by atoms with van der Waals surface area (Å²) in [5.41, 5.74) is 0. The number of aryl methyl sites for hydroxylation is 1. The van der Waals surface area contributed by atoms with Crippen molar-refractivity contribution in [1.82, 2.24) is 15.1 Å². The van der Waals surface area contributed by atoms with Gasteiger partial charge in [0.1, 0.15) is 11.5 Å². The quantitative estimate of drug-likeness (QED) is 0.844. The summed E-state index contributed by atoms with van der Waals surface area (Å²) in [7, 11) is 1.75. The van der Waals surface area contributed by atoms with Gasteiger partial charge in [-0.15, -0.1) is 10.2 Å². The Morgan fingerprint density at radius 2 is 2.09 bits per heavy atom. The first kappa shape index (κ1) is 14.9. The molecule has 2 aromatic rings. The van der Waals surface area contributed by atoms with Crippen LogP contribution in [0.5, 0.6) is 0 Å². The zero-order chi connectivity index (χ0) is 16.0. The Bertz CT molecular complexity index is 680. The highest BCUT2D eigenvalue weighted by Gasteiger charge is 2.38. The summed E-state index contributed by atoms with van der Waals surface area (Å²) in [6.07, 6.45) is 2.29. The Kier molecular flexibility index (Phi) is 3.73. The maximum absolute atomic E-state index is 6.05. The fraction of sp³-hybridized carbons (Fsp3) is 0.647. The largest absolute Gasteiger partial charge is 0.464 e. The second-order valence-corrected chi connectivity index (χ2v) is 6.82. The van der Waals surface area contributed by atoms with Crippen molar-refractivity contribution in [2.24, 2.45) is 5.92 Å². The highest BCUT2D eigenvalue weighted by molar-refractivity contribution is 5.18. The summed E-state index contributed by atoms with van der Waals surface area (Å²) < 4.78 is 17.2. The van der Waals surface area contributed by atoms with Gasteiger partial charge in [0.2, 0.25) is 11.8 Å². The number of ether oxygens (including phenoxy) is 1. The van der Waals surface area contributed by atoms with Crippen LogP contribution in [0.1, 0.15) is 55.0 Å². The minimum absolute atomic E-state index is 0.0922. The topological polar surface area (TPSA) is 64.5 Å². The Morgan fingerprint density at radius 1 is 1.26 bits per heavy atom. The van der Waals surface area contributed by atoms with Crippen molar-refractivity contribution in [1.29, 1.82) is 0 Å². The van der Waals surface area contributed by atoms with Crippen molar-refractivity contribution in [3.63, 3.8) is 0 Å². The fourth-order valence-corrected chi connectivity index (χ4v) is 3.51. The van der Waals surface area contributed by atoms with E-state index >= 15 is 0 Å². The molecular formula is C17H23N3O3. The molecule has 4 rings (SSSR count). The number of likely N-dealkylation sites (tertiary alicyclic amines) is 1. The lowest BCUT2D eigenvalue weighted by molar-refractivity contribution is 0.106. The van der Waals surface area contributed by atoms with Crippen LogP contribution in [0.15, 0.2) is 21.0 Å². The Balaban J connectivity index is 1.50. The van der Waals surface area contributed by atoms with E-state index in [0.29, 0.717) is 17.7 Å². The lowest BCUT2D eigenvalue weighted by Crippen LogP contribution is -2.24. The standard InChI is InChI=1S/C17H23N3O3/c1-10-6-14(10)16-5-4-12(23-16)8-20-9-13(21-3)7-15(20)17-19-18-11(2)22-17/h4-5,10,13-15H,6-9H2,1-3H3/t10?,13-,14?,15+/m0/s1. The molecule has 1 saturated heterocycles. The molecule has 0 bridgehead atoms. The van der Waals surface area contributed by atoms with E-state index in [9.17, 15) is 0 Å². The third-order valence-corrected chi connectivity index (χ3v) is 5.04. The summed E-state index contributed by atoms with van der Waals surface area (Å²) in [6.45, 7) is 5.68. The summed E-state index contributed by atoms with van der Waals surface area (Å²) in [5.74, 6) is 4.77. The molecule has 124 valence electrons. The zero-order valence-corrected chi connectivity index (χ0v) is 13.9. The number of rotatable bonds is 5. The Morgan fingerprint density at radius 3 is 2.74 bits per heavy atom. The van der Waals surface area contributed by atoms with Crippen molar-refractivity contribution < 1.29 is 13.6 Å². The molecule has 2 fully saturated rings. The van der Waals surface area contributed by atoms with Crippen LogP contribution in [0.3, 0.4) is 0 Å². The van der Waals surface area contributed by atoms with Crippen molar-refractivity contribution in [3.8, 4) is 0 Å². The van der Waals surface area contributed by atoms with E-state index in [1.807, 2.05) is 6.92 Å². The van der Waals surface area contributed by atoms with E-state index in [-0.39, 0.29) is 12.1 Å². The molecule has 3 heterocycles. The smallest absolute Gasteiger partial charge is 0.233 e. The van der Waals surface area contributed by atoms with Crippen LogP contribution in [0, 0.1) is 12.8 Å². The normalized spacial score (nSPS) is 30.9. The van der Waals surface area contributed by atoms with Crippen LogP contribution in [0.2, 0.25) is 0 Å². The number of hydrogen-bond donors (Lipinski definition) is 0. The number of hydrogen-bond acceptors (Lipinski definition) is 6. The van der Waals surface area contributed by atoms with Crippen molar-refractivity contribution in [3.05, 3.63) is 35.4 Å². The third-order valence-electron chi connectivity index (χ3n) is 5.04. The van der Waals surface area contributed by atoms with Gasteiger partial charge in [-0.3, -0.25) is 4.90 Å². The molecule has 6 nitrogen and oxygen atoms in total. The Labute approximate surface area is 135 Å². The van der Waals surface area contributed by atoms with Crippen LogP contribution in [0.4, 0.5) is 0 Å². The van der Waals surface area contributed by atoms with Gasteiger partial charge in [-0.05, 0) is 30.9 Å². The first-order chi connectivity index (χ1) is 11.1. The summed E-state index contributed by atoms with van der Waals surface area (Å²) >= 11 is 0. The van der Waals surface area contributed by atoms with E-state index < -0.39 is 0 Å². The molecule has 1 aliphatic heterocycles. The van der Waals surface area contributed by atoms with Gasteiger partial charge in [-0.2, -0.15) is 0 Å². The average Bonchev–Trinajstić information content (AvgIpc) is 2.95. The molecular weight excluding hydrogens is 294 g/mol. The molecule has 6 heteroatoms. The maximum Gasteiger partial charge on any atom is 0.233 e. The lowest BCUT2D eigenvalue weighted by Gasteiger charge is -2.19. The monoisotopic (exact) mass is 317 g/mol. The summed E-state index contributed by atoms with van der Waals surface area (Å²) in [6, 6.07) is 4.31. The van der Waals surface area contributed by atoms with Crippen LogP contribution in [-0.4, -0.2) is 34.9 Å². The van der Waals surface area contributed by atoms with Gasteiger partial charge in [0.25, 0.3) is 0 Å². The van der Waals surface area contributed by atoms with Gasteiger partial charge in [0.05, 0.1) is 18.7 Å². The molecule has 23 heavy (non-hydrogen) atoms. The molecule has 2 aliphatic rings. The second kappa shape index (κ2) is 5.76. The third kappa shape index (κ3) is 2.93. The lowest BCUT2D eigenvalue weighted by atomic mass is 10.2. The second-order valence-electron chi connectivity index (χ2n) is 6.82. The average molecular weight is 317 g/mol. The zero-order valence-electron chi connectivity index (χ0n) is 13.9. The van der Waals surface area contributed by atoms with Crippen molar-refractivity contribution in [2.45, 2.75) is 51.3 Å². The first-order valence-electron chi connectivity index (χ1n) is 8.29. The predicted molar refractivity (Wildman–Crippen MR) is 82.8 cm³/mol.